The Labute approximate surface area is 196 Å². The van der Waals surface area contributed by atoms with Gasteiger partial charge in [-0.3, -0.25) is 10.1 Å². The molecule has 160 valence electrons. The fourth-order valence-corrected chi connectivity index (χ4v) is 3.79. The van der Waals surface area contributed by atoms with Gasteiger partial charge in [-0.05, 0) is 17.2 Å². The smallest absolute Gasteiger partial charge is 0.258 e. The first-order valence-corrected chi connectivity index (χ1v) is 10.7. The predicted octanol–water partition coefficient (Wildman–Crippen LogP) is 6.41. The van der Waals surface area contributed by atoms with Gasteiger partial charge in [-0.15, -0.1) is 11.6 Å². The molecule has 0 fully saturated rings. The summed E-state index contributed by atoms with van der Waals surface area (Å²) in [6.45, 7) is 0. The number of nitrogens with zero attached hydrogens (tertiary/aromatic N) is 2. The molecule has 0 bridgehead atoms. The lowest BCUT2D eigenvalue weighted by atomic mass is 9.98. The number of rotatable bonds is 6. The lowest BCUT2D eigenvalue weighted by Crippen LogP contribution is -2.16. The van der Waals surface area contributed by atoms with Gasteiger partial charge in [-0.1, -0.05) is 78.9 Å². The van der Waals surface area contributed by atoms with Gasteiger partial charge >= 0.3 is 0 Å². The Morgan fingerprint density at radius 1 is 0.909 bits per heavy atom. The Balaban J connectivity index is 1.79. The van der Waals surface area contributed by atoms with Crippen LogP contribution >= 0.6 is 11.6 Å². The van der Waals surface area contributed by atoms with Gasteiger partial charge in [0.15, 0.2) is 0 Å². The van der Waals surface area contributed by atoms with Crippen LogP contribution in [0.1, 0.15) is 21.5 Å². The highest BCUT2D eigenvalue weighted by molar-refractivity contribution is 6.22. The summed E-state index contributed by atoms with van der Waals surface area (Å²) in [5.74, 6) is 0.113. The van der Waals surface area contributed by atoms with Crippen LogP contribution in [0.5, 0.6) is 0 Å². The summed E-state index contributed by atoms with van der Waals surface area (Å²) in [5, 5.41) is 21.0. The molecule has 0 saturated heterocycles. The number of carbonyl (C=O) groups is 1. The van der Waals surface area contributed by atoms with E-state index in [9.17, 15) is 10.1 Å². The maximum Gasteiger partial charge on any atom is 0.258 e. The summed E-state index contributed by atoms with van der Waals surface area (Å²) < 4.78 is 6.08. The third-order valence-corrected chi connectivity index (χ3v) is 5.40. The number of hydrogen-bond acceptors (Lipinski definition) is 4. The Morgan fingerprint density at radius 2 is 1.52 bits per heavy atom. The monoisotopic (exact) mass is 451 g/mol. The molecule has 1 unspecified atom stereocenters. The van der Waals surface area contributed by atoms with Crippen LogP contribution in [0, 0.1) is 22.7 Å². The normalized spacial score (nSPS) is 11.2. The standard InChI is InChI=1S/C27H18ClN3O2/c28-21(16-29)15-20-13-7-8-14-22(20)26(32)31-27-23(17-30)24(18-9-3-1-4-10-18)25(33-27)19-11-5-2-6-12-19/h1-14,21H,15H2,(H,31,32). The highest BCUT2D eigenvalue weighted by Gasteiger charge is 2.25. The molecule has 1 atom stereocenters. The molecule has 0 saturated carbocycles. The van der Waals surface area contributed by atoms with E-state index in [1.807, 2.05) is 66.7 Å². The van der Waals surface area contributed by atoms with Crippen molar-refractivity contribution in [3.05, 3.63) is 102 Å². The summed E-state index contributed by atoms with van der Waals surface area (Å²) in [4.78, 5) is 13.2. The van der Waals surface area contributed by atoms with Gasteiger partial charge in [0.25, 0.3) is 5.91 Å². The fraction of sp³-hybridized carbons (Fsp3) is 0.0741. The number of carbonyl (C=O) groups excluding carboxylic acids is 1. The van der Waals surface area contributed by atoms with E-state index in [-0.39, 0.29) is 17.9 Å². The lowest BCUT2D eigenvalue weighted by molar-refractivity contribution is 0.102. The Morgan fingerprint density at radius 3 is 2.15 bits per heavy atom. The largest absolute Gasteiger partial charge is 0.438 e. The zero-order valence-corrected chi connectivity index (χ0v) is 18.2. The first kappa shape index (κ1) is 21.9. The first-order chi connectivity index (χ1) is 16.1. The molecule has 1 aromatic heterocycles. The van der Waals surface area contributed by atoms with Gasteiger partial charge in [-0.2, -0.15) is 10.5 Å². The predicted molar refractivity (Wildman–Crippen MR) is 128 cm³/mol. The van der Waals surface area contributed by atoms with Crippen LogP contribution in [0.4, 0.5) is 5.88 Å². The van der Waals surface area contributed by atoms with Crippen molar-refractivity contribution in [2.45, 2.75) is 11.8 Å². The molecule has 5 nitrogen and oxygen atoms in total. The molecular formula is C27H18ClN3O2. The molecule has 6 heteroatoms. The number of amides is 1. The number of anilines is 1. The molecule has 4 aromatic rings. The number of halogens is 1. The van der Waals surface area contributed by atoms with Crippen LogP contribution in [0.15, 0.2) is 89.3 Å². The van der Waals surface area contributed by atoms with Crippen LogP contribution in [0.25, 0.3) is 22.5 Å². The number of benzene rings is 3. The Bertz CT molecular complexity index is 1370. The molecule has 4 rings (SSSR count). The van der Waals surface area contributed by atoms with Crippen molar-refractivity contribution < 1.29 is 9.21 Å². The van der Waals surface area contributed by atoms with E-state index in [0.29, 0.717) is 22.5 Å². The zero-order chi connectivity index (χ0) is 23.2. The third kappa shape index (κ3) is 4.65. The first-order valence-electron chi connectivity index (χ1n) is 10.2. The number of nitrogens with one attached hydrogen (secondary N) is 1. The van der Waals surface area contributed by atoms with E-state index >= 15 is 0 Å². The zero-order valence-electron chi connectivity index (χ0n) is 17.5. The lowest BCUT2D eigenvalue weighted by Gasteiger charge is -2.09. The SMILES string of the molecule is N#Cc1c(NC(=O)c2ccccc2CC(Cl)C#N)oc(-c2ccccc2)c1-c1ccccc1. The second kappa shape index (κ2) is 9.87. The van der Waals surface area contributed by atoms with Gasteiger partial charge in [0.1, 0.15) is 22.8 Å². The summed E-state index contributed by atoms with van der Waals surface area (Å²) in [5.41, 5.74) is 3.43. The van der Waals surface area contributed by atoms with Gasteiger partial charge in [0.2, 0.25) is 5.88 Å². The molecule has 1 heterocycles. The Kier molecular flexibility index (Phi) is 6.55. The van der Waals surface area contributed by atoms with Crippen molar-refractivity contribution >= 4 is 23.4 Å². The quantitative estimate of drug-likeness (QED) is 0.343. The van der Waals surface area contributed by atoms with Crippen molar-refractivity contribution in [2.75, 3.05) is 5.32 Å². The maximum absolute atomic E-state index is 13.2. The summed E-state index contributed by atoms with van der Waals surface area (Å²) in [6.07, 6.45) is 0.218. The van der Waals surface area contributed by atoms with Crippen molar-refractivity contribution in [3.63, 3.8) is 0 Å². The fourth-order valence-electron chi connectivity index (χ4n) is 3.63. The minimum Gasteiger partial charge on any atom is -0.438 e. The minimum absolute atomic E-state index is 0.0673. The molecule has 1 amide bonds. The highest BCUT2D eigenvalue weighted by atomic mass is 35.5. The van der Waals surface area contributed by atoms with E-state index in [4.69, 9.17) is 21.3 Å². The number of nitriles is 2. The van der Waals surface area contributed by atoms with Crippen molar-refractivity contribution in [3.8, 4) is 34.6 Å². The molecule has 0 radical (unpaired) electrons. The van der Waals surface area contributed by atoms with Gasteiger partial charge in [0, 0.05) is 23.1 Å². The average molecular weight is 452 g/mol. The van der Waals surface area contributed by atoms with E-state index < -0.39 is 11.3 Å². The molecule has 0 aliphatic carbocycles. The minimum atomic E-state index is -0.758. The van der Waals surface area contributed by atoms with Gasteiger partial charge in [-0.25, -0.2) is 0 Å². The highest BCUT2D eigenvalue weighted by Crippen LogP contribution is 2.41. The molecular weight excluding hydrogens is 434 g/mol. The Hall–Kier alpha value is -4.32. The third-order valence-electron chi connectivity index (χ3n) is 5.15. The number of hydrogen-bond donors (Lipinski definition) is 1. The summed E-state index contributed by atoms with van der Waals surface area (Å²) >= 11 is 5.99. The van der Waals surface area contributed by atoms with Crippen LogP contribution < -0.4 is 5.32 Å². The van der Waals surface area contributed by atoms with E-state index in [2.05, 4.69) is 11.4 Å². The molecule has 0 spiro atoms. The molecule has 3 aromatic carbocycles. The maximum atomic E-state index is 13.2. The summed E-state index contributed by atoms with van der Waals surface area (Å²) in [7, 11) is 0. The van der Waals surface area contributed by atoms with Crippen LogP contribution in [-0.2, 0) is 6.42 Å². The van der Waals surface area contributed by atoms with Crippen LogP contribution in [0.2, 0.25) is 0 Å². The van der Waals surface area contributed by atoms with E-state index in [0.717, 1.165) is 11.1 Å². The van der Waals surface area contributed by atoms with Crippen molar-refractivity contribution in [1.82, 2.24) is 0 Å². The number of furan rings is 1. The van der Waals surface area contributed by atoms with Crippen LogP contribution in [0.3, 0.4) is 0 Å². The number of alkyl halides is 1. The van der Waals surface area contributed by atoms with Crippen LogP contribution in [-0.4, -0.2) is 11.3 Å². The molecule has 1 N–H and O–H groups in total. The second-order valence-corrected chi connectivity index (χ2v) is 7.79. The molecule has 33 heavy (non-hydrogen) atoms. The van der Waals surface area contributed by atoms with Crippen molar-refractivity contribution in [2.24, 2.45) is 0 Å². The van der Waals surface area contributed by atoms with E-state index in [1.165, 1.54) is 0 Å². The van der Waals surface area contributed by atoms with Gasteiger partial charge in [0.05, 0.1) is 6.07 Å². The van der Waals surface area contributed by atoms with E-state index in [1.54, 1.807) is 24.3 Å². The molecule has 0 aliphatic rings. The summed E-state index contributed by atoms with van der Waals surface area (Å²) in [6, 6.07) is 29.9. The second-order valence-electron chi connectivity index (χ2n) is 7.27. The van der Waals surface area contributed by atoms with Gasteiger partial charge < -0.3 is 4.42 Å². The van der Waals surface area contributed by atoms with Crippen molar-refractivity contribution in [1.29, 1.82) is 10.5 Å². The molecule has 0 aliphatic heterocycles. The average Bonchev–Trinajstić information content (AvgIpc) is 3.23. The topological polar surface area (TPSA) is 89.8 Å².